The molecule has 1 aromatic carbocycles. The number of hydrogen-bond donors (Lipinski definition) is 2. The highest BCUT2D eigenvalue weighted by Gasteiger charge is 2.47. The fourth-order valence-electron chi connectivity index (χ4n) is 3.34. The molecule has 0 atom stereocenters. The van der Waals surface area contributed by atoms with Crippen molar-refractivity contribution in [3.8, 4) is 0 Å². The molecule has 2 N–H and O–H groups in total. The molecule has 2 aliphatic rings. The van der Waals surface area contributed by atoms with Crippen molar-refractivity contribution in [3.63, 3.8) is 0 Å². The summed E-state index contributed by atoms with van der Waals surface area (Å²) in [5.41, 5.74) is 2.31. The zero-order chi connectivity index (χ0) is 14.2. The van der Waals surface area contributed by atoms with Crippen LogP contribution in [0.25, 0.3) is 0 Å². The van der Waals surface area contributed by atoms with Crippen molar-refractivity contribution in [1.82, 2.24) is 5.32 Å². The predicted octanol–water partition coefficient (Wildman–Crippen LogP) is 4.66. The van der Waals surface area contributed by atoms with Crippen LogP contribution < -0.4 is 10.6 Å². The van der Waals surface area contributed by atoms with Gasteiger partial charge in [-0.3, -0.25) is 0 Å². The quantitative estimate of drug-likeness (QED) is 0.794. The number of thiocarbonyl (C=S) groups is 1. The maximum Gasteiger partial charge on any atom is 0.171 e. The Bertz CT molecular complexity index is 519. The van der Waals surface area contributed by atoms with Crippen molar-refractivity contribution in [3.05, 3.63) is 28.8 Å². The third-order valence-electron chi connectivity index (χ3n) is 4.65. The number of aryl methyl sites for hydroxylation is 1. The van der Waals surface area contributed by atoms with Crippen LogP contribution in [0.3, 0.4) is 0 Å². The van der Waals surface area contributed by atoms with Crippen molar-refractivity contribution in [2.75, 3.05) is 5.32 Å². The Morgan fingerprint density at radius 1 is 1.30 bits per heavy atom. The van der Waals surface area contributed by atoms with E-state index in [0.717, 1.165) is 27.3 Å². The summed E-state index contributed by atoms with van der Waals surface area (Å²) in [4.78, 5) is 0. The highest BCUT2D eigenvalue weighted by molar-refractivity contribution is 7.80. The van der Waals surface area contributed by atoms with Crippen LogP contribution >= 0.6 is 23.8 Å². The third kappa shape index (κ3) is 2.94. The Balaban J connectivity index is 1.65. The van der Waals surface area contributed by atoms with Gasteiger partial charge in [0.2, 0.25) is 0 Å². The van der Waals surface area contributed by atoms with Gasteiger partial charge in [0.15, 0.2) is 5.11 Å². The lowest BCUT2D eigenvalue weighted by molar-refractivity contribution is 0.340. The van der Waals surface area contributed by atoms with E-state index in [4.69, 9.17) is 23.8 Å². The number of nitrogens with one attached hydrogen (secondary N) is 2. The monoisotopic (exact) mass is 308 g/mol. The van der Waals surface area contributed by atoms with E-state index in [9.17, 15) is 0 Å². The number of benzene rings is 1. The van der Waals surface area contributed by atoms with Crippen LogP contribution in [0.1, 0.15) is 44.1 Å². The first-order valence-electron chi connectivity index (χ1n) is 7.44. The lowest BCUT2D eigenvalue weighted by Gasteiger charge is -2.32. The van der Waals surface area contributed by atoms with E-state index in [1.807, 2.05) is 25.1 Å². The largest absolute Gasteiger partial charge is 0.357 e. The maximum atomic E-state index is 6.15. The van der Waals surface area contributed by atoms with E-state index in [0.29, 0.717) is 0 Å². The first-order chi connectivity index (χ1) is 9.59. The molecule has 2 nitrogen and oxygen atoms in total. The molecule has 0 amide bonds. The van der Waals surface area contributed by atoms with Gasteiger partial charge in [0.25, 0.3) is 0 Å². The van der Waals surface area contributed by atoms with Crippen molar-refractivity contribution < 1.29 is 0 Å². The number of halogens is 1. The maximum absolute atomic E-state index is 6.15. The average Bonchev–Trinajstić information content (AvgIpc) is 3.16. The smallest absolute Gasteiger partial charge is 0.171 e. The van der Waals surface area contributed by atoms with E-state index in [-0.39, 0.29) is 5.54 Å². The van der Waals surface area contributed by atoms with E-state index >= 15 is 0 Å². The van der Waals surface area contributed by atoms with Crippen LogP contribution in [-0.2, 0) is 0 Å². The van der Waals surface area contributed by atoms with Gasteiger partial charge in [-0.15, -0.1) is 0 Å². The second-order valence-corrected chi connectivity index (χ2v) is 7.00. The summed E-state index contributed by atoms with van der Waals surface area (Å²) in [6.07, 6.45) is 7.87. The Morgan fingerprint density at radius 3 is 2.60 bits per heavy atom. The molecule has 0 aromatic heterocycles. The topological polar surface area (TPSA) is 24.1 Å². The molecule has 0 heterocycles. The molecule has 0 radical (unpaired) electrons. The minimum absolute atomic E-state index is 0.262. The first-order valence-corrected chi connectivity index (χ1v) is 8.23. The van der Waals surface area contributed by atoms with Crippen molar-refractivity contribution in [2.45, 2.75) is 51.0 Å². The Kier molecular flexibility index (Phi) is 3.91. The Morgan fingerprint density at radius 2 is 2.00 bits per heavy atom. The third-order valence-corrected chi connectivity index (χ3v) is 5.26. The highest BCUT2D eigenvalue weighted by atomic mass is 35.5. The molecule has 0 bridgehead atoms. The SMILES string of the molecule is Cc1ccc(NC(=S)NC2(C3CC3)CCCC2)cc1Cl. The normalized spacial score (nSPS) is 20.7. The summed E-state index contributed by atoms with van der Waals surface area (Å²) < 4.78 is 0. The fraction of sp³-hybridized carbons (Fsp3) is 0.562. The van der Waals surface area contributed by atoms with Crippen LogP contribution in [0, 0.1) is 12.8 Å². The Labute approximate surface area is 131 Å². The minimum Gasteiger partial charge on any atom is -0.357 e. The summed E-state index contributed by atoms with van der Waals surface area (Å²) >= 11 is 11.7. The molecule has 0 spiro atoms. The van der Waals surface area contributed by atoms with Gasteiger partial charge >= 0.3 is 0 Å². The van der Waals surface area contributed by atoms with Crippen LogP contribution in [0.4, 0.5) is 5.69 Å². The predicted molar refractivity (Wildman–Crippen MR) is 89.5 cm³/mol. The molecule has 0 saturated heterocycles. The standard InChI is InChI=1S/C16H21ClN2S/c1-11-4-7-13(10-14(11)17)18-15(20)19-16(12-5-6-12)8-2-3-9-16/h4,7,10,12H,2-3,5-6,8-9H2,1H3,(H2,18,19,20). The minimum atomic E-state index is 0.262. The molecule has 0 aliphatic heterocycles. The molecule has 0 unspecified atom stereocenters. The highest BCUT2D eigenvalue weighted by Crippen LogP contribution is 2.48. The number of hydrogen-bond acceptors (Lipinski definition) is 1. The van der Waals surface area contributed by atoms with Gasteiger partial charge < -0.3 is 10.6 Å². The molecule has 2 aliphatic carbocycles. The zero-order valence-electron chi connectivity index (χ0n) is 11.8. The van der Waals surface area contributed by atoms with Gasteiger partial charge in [0.1, 0.15) is 0 Å². The average molecular weight is 309 g/mol. The number of anilines is 1. The van der Waals surface area contributed by atoms with Gasteiger partial charge in [0.05, 0.1) is 0 Å². The van der Waals surface area contributed by atoms with Crippen LogP contribution in [0.15, 0.2) is 18.2 Å². The van der Waals surface area contributed by atoms with Gasteiger partial charge in [-0.25, -0.2) is 0 Å². The van der Waals surface area contributed by atoms with Crippen molar-refractivity contribution in [2.24, 2.45) is 5.92 Å². The van der Waals surface area contributed by atoms with Crippen molar-refractivity contribution in [1.29, 1.82) is 0 Å². The summed E-state index contributed by atoms with van der Waals surface area (Å²) in [5, 5.41) is 8.40. The Hall–Kier alpha value is -0.800. The van der Waals surface area contributed by atoms with Crippen LogP contribution in [-0.4, -0.2) is 10.7 Å². The fourth-order valence-corrected chi connectivity index (χ4v) is 3.84. The van der Waals surface area contributed by atoms with Crippen molar-refractivity contribution >= 4 is 34.6 Å². The first kappa shape index (κ1) is 14.2. The van der Waals surface area contributed by atoms with Crippen LogP contribution in [0.2, 0.25) is 5.02 Å². The van der Waals surface area contributed by atoms with E-state index in [2.05, 4.69) is 10.6 Å². The molecule has 108 valence electrons. The molecule has 4 heteroatoms. The van der Waals surface area contributed by atoms with Gasteiger partial charge in [0, 0.05) is 16.2 Å². The number of rotatable bonds is 3. The summed E-state index contributed by atoms with van der Waals surface area (Å²) in [6, 6.07) is 5.97. The molecule has 3 rings (SSSR count). The molecule has 2 fully saturated rings. The second-order valence-electron chi connectivity index (χ2n) is 6.18. The van der Waals surface area contributed by atoms with Crippen LogP contribution in [0.5, 0.6) is 0 Å². The van der Waals surface area contributed by atoms with Gasteiger partial charge in [-0.1, -0.05) is 30.5 Å². The van der Waals surface area contributed by atoms with E-state index in [1.54, 1.807) is 0 Å². The molecular weight excluding hydrogens is 288 g/mol. The lowest BCUT2D eigenvalue weighted by atomic mass is 9.91. The zero-order valence-corrected chi connectivity index (χ0v) is 13.4. The van der Waals surface area contributed by atoms with Gasteiger partial charge in [-0.2, -0.15) is 0 Å². The molecule has 1 aromatic rings. The van der Waals surface area contributed by atoms with E-state index in [1.165, 1.54) is 38.5 Å². The molecular formula is C16H21ClN2S. The summed E-state index contributed by atoms with van der Waals surface area (Å²) in [5.74, 6) is 0.825. The molecule has 20 heavy (non-hydrogen) atoms. The second kappa shape index (κ2) is 5.53. The van der Waals surface area contributed by atoms with Gasteiger partial charge in [-0.05, 0) is 68.4 Å². The van der Waals surface area contributed by atoms with E-state index < -0.39 is 0 Å². The molecule has 2 saturated carbocycles. The summed E-state index contributed by atoms with van der Waals surface area (Å²) in [7, 11) is 0. The summed E-state index contributed by atoms with van der Waals surface area (Å²) in [6.45, 7) is 2.00. The lowest BCUT2D eigenvalue weighted by Crippen LogP contribution is -2.49.